The molecule has 0 saturated carbocycles. The number of carbonyl (C=O) groups excluding carboxylic acids is 2. The Kier molecular flexibility index (Phi) is 7.05. The van der Waals surface area contributed by atoms with Crippen molar-refractivity contribution in [1.29, 1.82) is 0 Å². The third kappa shape index (κ3) is 5.97. The van der Waals surface area contributed by atoms with Crippen LogP contribution < -0.4 is 14.8 Å². The Morgan fingerprint density at radius 3 is 2.24 bits per heavy atom. The molecule has 0 fully saturated rings. The maximum Gasteiger partial charge on any atom is 0.325 e. The van der Waals surface area contributed by atoms with Gasteiger partial charge in [-0.05, 0) is 54.1 Å². The van der Waals surface area contributed by atoms with Crippen LogP contribution in [0.1, 0.15) is 17.3 Å². The summed E-state index contributed by atoms with van der Waals surface area (Å²) in [5.41, 5.74) is 0.496. The minimum absolute atomic E-state index is 0.0951. The van der Waals surface area contributed by atoms with E-state index < -0.39 is 5.97 Å². The van der Waals surface area contributed by atoms with Crippen LogP contribution in [0.4, 0.5) is 0 Å². The molecule has 0 aliphatic heterocycles. The van der Waals surface area contributed by atoms with Gasteiger partial charge in [-0.2, -0.15) is 0 Å². The number of nitrogens with one attached hydrogen (secondary N) is 1. The molecule has 6 nitrogen and oxygen atoms in total. The Balaban J connectivity index is 1.37. The van der Waals surface area contributed by atoms with Crippen LogP contribution in [0.25, 0.3) is 10.8 Å². The molecule has 3 aromatic rings. The molecule has 150 valence electrons. The van der Waals surface area contributed by atoms with E-state index in [4.69, 9.17) is 14.2 Å². The first kappa shape index (κ1) is 20.2. The van der Waals surface area contributed by atoms with Gasteiger partial charge in [0.15, 0.2) is 0 Å². The van der Waals surface area contributed by atoms with E-state index in [1.165, 1.54) is 0 Å². The normalized spacial score (nSPS) is 10.4. The van der Waals surface area contributed by atoms with Gasteiger partial charge in [-0.3, -0.25) is 9.59 Å². The lowest BCUT2D eigenvalue weighted by atomic mass is 10.1. The van der Waals surface area contributed by atoms with Gasteiger partial charge in [-0.25, -0.2) is 0 Å². The fourth-order valence-electron chi connectivity index (χ4n) is 2.75. The van der Waals surface area contributed by atoms with Gasteiger partial charge in [-0.15, -0.1) is 0 Å². The minimum atomic E-state index is -0.519. The largest absolute Gasteiger partial charge is 0.494 e. The highest BCUT2D eigenvalue weighted by Crippen LogP contribution is 2.17. The highest BCUT2D eigenvalue weighted by atomic mass is 16.6. The molecule has 0 radical (unpaired) electrons. The molecule has 0 saturated heterocycles. The molecule has 1 N–H and O–H groups in total. The molecule has 0 aromatic heterocycles. The second-order valence-electron chi connectivity index (χ2n) is 6.22. The summed E-state index contributed by atoms with van der Waals surface area (Å²) in [6, 6.07) is 20.4. The van der Waals surface area contributed by atoms with Crippen LogP contribution in [-0.4, -0.2) is 38.2 Å². The highest BCUT2D eigenvalue weighted by Gasteiger charge is 2.09. The second-order valence-corrected chi connectivity index (χ2v) is 6.22. The summed E-state index contributed by atoms with van der Waals surface area (Å²) in [6.45, 7) is 2.64. The highest BCUT2D eigenvalue weighted by molar-refractivity contribution is 5.99. The third-order valence-corrected chi connectivity index (χ3v) is 4.15. The summed E-state index contributed by atoms with van der Waals surface area (Å²) in [6.07, 6.45) is 0. The lowest BCUT2D eigenvalue weighted by Gasteiger charge is -2.09. The molecule has 0 bridgehead atoms. The molecule has 0 atom stereocenters. The second kappa shape index (κ2) is 10.1. The van der Waals surface area contributed by atoms with Crippen molar-refractivity contribution >= 4 is 22.6 Å². The van der Waals surface area contributed by atoms with Gasteiger partial charge in [-0.1, -0.05) is 30.3 Å². The average molecular weight is 393 g/mol. The summed E-state index contributed by atoms with van der Waals surface area (Å²) in [5.74, 6) is 0.593. The topological polar surface area (TPSA) is 73.9 Å². The standard InChI is InChI=1S/C23H23NO5/c1-2-27-20-9-11-21(12-10-20)28-13-14-29-22(25)16-24-23(26)19-8-7-17-5-3-4-6-18(17)15-19/h3-12,15H,2,13-14,16H2,1H3,(H,24,26). The first-order valence-corrected chi connectivity index (χ1v) is 9.44. The van der Waals surface area contributed by atoms with Crippen molar-refractivity contribution in [1.82, 2.24) is 5.32 Å². The Morgan fingerprint density at radius 2 is 1.52 bits per heavy atom. The van der Waals surface area contributed by atoms with Crippen LogP contribution in [0.15, 0.2) is 66.7 Å². The molecule has 6 heteroatoms. The summed E-state index contributed by atoms with van der Waals surface area (Å²) in [5, 5.41) is 4.59. The molecular weight excluding hydrogens is 370 g/mol. The number of hydrogen-bond donors (Lipinski definition) is 1. The molecule has 3 rings (SSSR count). The predicted octanol–water partition coefficient (Wildman–Crippen LogP) is 3.59. The minimum Gasteiger partial charge on any atom is -0.494 e. The number of esters is 1. The van der Waals surface area contributed by atoms with Gasteiger partial charge < -0.3 is 19.5 Å². The van der Waals surface area contributed by atoms with Crippen LogP contribution >= 0.6 is 0 Å². The molecule has 3 aromatic carbocycles. The maximum absolute atomic E-state index is 12.2. The smallest absolute Gasteiger partial charge is 0.325 e. The van der Waals surface area contributed by atoms with E-state index >= 15 is 0 Å². The summed E-state index contributed by atoms with van der Waals surface area (Å²) < 4.78 is 15.9. The monoisotopic (exact) mass is 393 g/mol. The van der Waals surface area contributed by atoms with Crippen molar-refractivity contribution in [2.45, 2.75) is 6.92 Å². The van der Waals surface area contributed by atoms with Crippen molar-refractivity contribution in [2.75, 3.05) is 26.4 Å². The number of ether oxygens (including phenoxy) is 3. The fraction of sp³-hybridized carbons (Fsp3) is 0.217. The molecule has 0 unspecified atom stereocenters. The van der Waals surface area contributed by atoms with Crippen molar-refractivity contribution in [3.05, 3.63) is 72.3 Å². The van der Waals surface area contributed by atoms with Gasteiger partial charge in [0.1, 0.15) is 31.3 Å². The Bertz CT molecular complexity index is 968. The first-order chi connectivity index (χ1) is 14.2. The van der Waals surface area contributed by atoms with Crippen LogP contribution in [0.2, 0.25) is 0 Å². The molecule has 0 spiro atoms. The van der Waals surface area contributed by atoms with Crippen molar-refractivity contribution in [3.63, 3.8) is 0 Å². The molecule has 1 amide bonds. The molecule has 0 aliphatic carbocycles. The Hall–Kier alpha value is -3.54. The van der Waals surface area contributed by atoms with Crippen molar-refractivity contribution < 1.29 is 23.8 Å². The summed E-state index contributed by atoms with van der Waals surface area (Å²) >= 11 is 0. The zero-order valence-electron chi connectivity index (χ0n) is 16.2. The van der Waals surface area contributed by atoms with E-state index in [2.05, 4.69) is 5.32 Å². The van der Waals surface area contributed by atoms with Crippen molar-refractivity contribution in [2.24, 2.45) is 0 Å². The van der Waals surface area contributed by atoms with E-state index in [1.807, 2.05) is 49.4 Å². The van der Waals surface area contributed by atoms with E-state index in [0.29, 0.717) is 17.9 Å². The van der Waals surface area contributed by atoms with E-state index in [9.17, 15) is 9.59 Å². The zero-order valence-corrected chi connectivity index (χ0v) is 16.2. The van der Waals surface area contributed by atoms with Gasteiger partial charge in [0.25, 0.3) is 5.91 Å². The van der Waals surface area contributed by atoms with Gasteiger partial charge >= 0.3 is 5.97 Å². The van der Waals surface area contributed by atoms with Crippen LogP contribution in [-0.2, 0) is 9.53 Å². The number of carbonyl (C=O) groups is 2. The van der Waals surface area contributed by atoms with Crippen molar-refractivity contribution in [3.8, 4) is 11.5 Å². The number of fused-ring (bicyclic) bond motifs is 1. The van der Waals surface area contributed by atoms with E-state index in [-0.39, 0.29) is 25.7 Å². The maximum atomic E-state index is 12.2. The van der Waals surface area contributed by atoms with E-state index in [1.54, 1.807) is 24.3 Å². The van der Waals surface area contributed by atoms with Gasteiger partial charge in [0, 0.05) is 5.56 Å². The van der Waals surface area contributed by atoms with Crippen LogP contribution in [0.5, 0.6) is 11.5 Å². The zero-order chi connectivity index (χ0) is 20.5. The quantitative estimate of drug-likeness (QED) is 0.444. The number of benzene rings is 3. The number of rotatable bonds is 9. The van der Waals surface area contributed by atoms with Gasteiger partial charge in [0.05, 0.1) is 6.61 Å². The Morgan fingerprint density at radius 1 is 0.828 bits per heavy atom. The molecule has 29 heavy (non-hydrogen) atoms. The Labute approximate surface area is 169 Å². The SMILES string of the molecule is CCOc1ccc(OCCOC(=O)CNC(=O)c2ccc3ccccc3c2)cc1. The molecule has 0 heterocycles. The van der Waals surface area contributed by atoms with Crippen LogP contribution in [0, 0.1) is 0 Å². The van der Waals surface area contributed by atoms with Gasteiger partial charge in [0.2, 0.25) is 0 Å². The van der Waals surface area contributed by atoms with Crippen LogP contribution in [0.3, 0.4) is 0 Å². The number of hydrogen-bond acceptors (Lipinski definition) is 5. The number of amides is 1. The summed E-state index contributed by atoms with van der Waals surface area (Å²) in [4.78, 5) is 24.0. The first-order valence-electron chi connectivity index (χ1n) is 9.44. The lowest BCUT2D eigenvalue weighted by Crippen LogP contribution is -2.31. The summed E-state index contributed by atoms with van der Waals surface area (Å²) in [7, 11) is 0. The fourth-order valence-corrected chi connectivity index (χ4v) is 2.75. The predicted molar refractivity (Wildman–Crippen MR) is 110 cm³/mol. The molecular formula is C23H23NO5. The average Bonchev–Trinajstić information content (AvgIpc) is 2.76. The molecule has 0 aliphatic rings. The van der Waals surface area contributed by atoms with E-state index in [0.717, 1.165) is 16.5 Å². The lowest BCUT2D eigenvalue weighted by molar-refractivity contribution is -0.143. The third-order valence-electron chi connectivity index (χ3n) is 4.15.